The third kappa shape index (κ3) is 3.73. The van der Waals surface area contributed by atoms with Gasteiger partial charge < -0.3 is 15.0 Å². The minimum atomic E-state index is 0.310. The Balaban J connectivity index is 2.49. The molecule has 0 saturated heterocycles. The van der Waals surface area contributed by atoms with Crippen molar-refractivity contribution in [3.05, 3.63) is 11.1 Å². The van der Waals surface area contributed by atoms with E-state index in [1.807, 2.05) is 21.0 Å². The molecule has 4 nitrogen and oxygen atoms in total. The lowest BCUT2D eigenvalue weighted by molar-refractivity contribution is 0.154. The van der Waals surface area contributed by atoms with Crippen LogP contribution in [0.4, 0.5) is 5.13 Å². The molecular formula is C11H21N3OS. The zero-order chi connectivity index (χ0) is 12.0. The van der Waals surface area contributed by atoms with E-state index in [2.05, 4.69) is 27.5 Å². The van der Waals surface area contributed by atoms with E-state index in [0.29, 0.717) is 6.04 Å². The summed E-state index contributed by atoms with van der Waals surface area (Å²) in [7, 11) is 3.99. The lowest BCUT2D eigenvalue weighted by Gasteiger charge is -2.15. The summed E-state index contributed by atoms with van der Waals surface area (Å²) in [6.07, 6.45) is 0. The van der Waals surface area contributed by atoms with E-state index in [-0.39, 0.29) is 0 Å². The predicted molar refractivity (Wildman–Crippen MR) is 69.4 cm³/mol. The zero-order valence-electron chi connectivity index (χ0n) is 10.5. The maximum atomic E-state index is 5.32. The topological polar surface area (TPSA) is 37.4 Å². The second-order valence-electron chi connectivity index (χ2n) is 3.68. The van der Waals surface area contributed by atoms with Gasteiger partial charge in [-0.25, -0.2) is 4.98 Å². The van der Waals surface area contributed by atoms with Gasteiger partial charge in [0.25, 0.3) is 0 Å². The van der Waals surface area contributed by atoms with Gasteiger partial charge in [-0.3, -0.25) is 0 Å². The Morgan fingerprint density at radius 3 is 3.00 bits per heavy atom. The highest BCUT2D eigenvalue weighted by molar-refractivity contribution is 7.13. The normalized spacial score (nSPS) is 12.8. The maximum absolute atomic E-state index is 5.32. The predicted octanol–water partition coefficient (Wildman–Crippen LogP) is 1.90. The third-order valence-corrected chi connectivity index (χ3v) is 3.46. The number of ether oxygens (including phenoxy) is 1. The van der Waals surface area contributed by atoms with Crippen LogP contribution in [0.1, 0.15) is 25.6 Å². The molecule has 0 aliphatic rings. The van der Waals surface area contributed by atoms with Gasteiger partial charge in [-0.1, -0.05) is 0 Å². The Morgan fingerprint density at radius 1 is 1.62 bits per heavy atom. The highest BCUT2D eigenvalue weighted by Gasteiger charge is 2.10. The molecule has 0 fully saturated rings. The number of hydrogen-bond acceptors (Lipinski definition) is 5. The number of hydrogen-bond donors (Lipinski definition) is 1. The van der Waals surface area contributed by atoms with Crippen molar-refractivity contribution in [2.75, 3.05) is 38.8 Å². The van der Waals surface area contributed by atoms with Gasteiger partial charge in [0.05, 0.1) is 12.3 Å². The average molecular weight is 243 g/mol. The van der Waals surface area contributed by atoms with Gasteiger partial charge in [0.1, 0.15) is 0 Å². The zero-order valence-corrected chi connectivity index (χ0v) is 11.3. The number of likely N-dealkylation sites (N-methyl/N-ethyl adjacent to an activating group) is 1. The summed E-state index contributed by atoms with van der Waals surface area (Å²) < 4.78 is 5.32. The molecule has 0 saturated carbocycles. The molecule has 16 heavy (non-hydrogen) atoms. The van der Waals surface area contributed by atoms with E-state index in [1.165, 1.54) is 0 Å². The van der Waals surface area contributed by atoms with E-state index in [9.17, 15) is 0 Å². The molecule has 5 heteroatoms. The molecule has 1 N–H and O–H groups in total. The summed E-state index contributed by atoms with van der Waals surface area (Å²) >= 11 is 1.68. The van der Waals surface area contributed by atoms with Crippen LogP contribution in [0.3, 0.4) is 0 Å². The first kappa shape index (κ1) is 13.4. The van der Waals surface area contributed by atoms with Crippen LogP contribution in [-0.2, 0) is 4.74 Å². The van der Waals surface area contributed by atoms with Crippen LogP contribution in [0.15, 0.2) is 5.38 Å². The average Bonchev–Trinajstić information content (AvgIpc) is 2.77. The Kier molecular flexibility index (Phi) is 5.73. The van der Waals surface area contributed by atoms with Gasteiger partial charge in [-0.15, -0.1) is 11.3 Å². The Bertz CT molecular complexity index is 303. The van der Waals surface area contributed by atoms with Crippen LogP contribution < -0.4 is 10.2 Å². The van der Waals surface area contributed by atoms with Crippen molar-refractivity contribution >= 4 is 16.5 Å². The SMILES string of the molecule is CCOCCN(C)c1nc(C(C)NC)cs1. The highest BCUT2D eigenvalue weighted by Crippen LogP contribution is 2.22. The minimum Gasteiger partial charge on any atom is -0.380 e. The van der Waals surface area contributed by atoms with Gasteiger partial charge in [-0.2, -0.15) is 0 Å². The summed E-state index contributed by atoms with van der Waals surface area (Å²) in [6.45, 7) is 6.53. The van der Waals surface area contributed by atoms with E-state index < -0.39 is 0 Å². The summed E-state index contributed by atoms with van der Waals surface area (Å²) in [4.78, 5) is 6.72. The van der Waals surface area contributed by atoms with Crippen molar-refractivity contribution in [3.63, 3.8) is 0 Å². The van der Waals surface area contributed by atoms with Crippen LogP contribution in [0.2, 0.25) is 0 Å². The summed E-state index contributed by atoms with van der Waals surface area (Å²) in [5.74, 6) is 0. The third-order valence-electron chi connectivity index (χ3n) is 2.49. The second-order valence-corrected chi connectivity index (χ2v) is 4.52. The number of nitrogens with one attached hydrogen (secondary N) is 1. The molecule has 0 radical (unpaired) electrons. The van der Waals surface area contributed by atoms with E-state index in [0.717, 1.165) is 30.6 Å². The molecule has 0 aliphatic heterocycles. The van der Waals surface area contributed by atoms with Crippen molar-refractivity contribution in [3.8, 4) is 0 Å². The highest BCUT2D eigenvalue weighted by atomic mass is 32.1. The van der Waals surface area contributed by atoms with E-state index >= 15 is 0 Å². The first-order chi connectivity index (χ1) is 7.69. The van der Waals surface area contributed by atoms with Gasteiger partial charge in [0.2, 0.25) is 0 Å². The fraction of sp³-hybridized carbons (Fsp3) is 0.727. The summed E-state index contributed by atoms with van der Waals surface area (Å²) in [5.41, 5.74) is 1.10. The monoisotopic (exact) mass is 243 g/mol. The van der Waals surface area contributed by atoms with Crippen LogP contribution >= 0.6 is 11.3 Å². The van der Waals surface area contributed by atoms with Crippen LogP contribution in [0, 0.1) is 0 Å². The van der Waals surface area contributed by atoms with Gasteiger partial charge in [0.15, 0.2) is 5.13 Å². The molecule has 0 bridgehead atoms. The number of thiazole rings is 1. The second kappa shape index (κ2) is 6.83. The molecule has 1 aromatic rings. The summed E-state index contributed by atoms with van der Waals surface area (Å²) in [6, 6.07) is 0.310. The molecule has 0 amide bonds. The standard InChI is InChI=1S/C11H21N3OS/c1-5-15-7-6-14(4)11-13-10(8-16-11)9(2)12-3/h8-9,12H,5-7H2,1-4H3. The van der Waals surface area contributed by atoms with Crippen LogP contribution in [0.25, 0.3) is 0 Å². The quantitative estimate of drug-likeness (QED) is 0.742. The Labute approximate surface area is 102 Å². The number of rotatable bonds is 7. The smallest absolute Gasteiger partial charge is 0.185 e. The Morgan fingerprint density at radius 2 is 2.38 bits per heavy atom. The molecule has 92 valence electrons. The van der Waals surface area contributed by atoms with Gasteiger partial charge in [0, 0.05) is 31.6 Å². The lowest BCUT2D eigenvalue weighted by atomic mass is 10.3. The van der Waals surface area contributed by atoms with E-state index in [1.54, 1.807) is 11.3 Å². The van der Waals surface area contributed by atoms with Crippen LogP contribution in [-0.4, -0.2) is 38.8 Å². The summed E-state index contributed by atoms with van der Waals surface area (Å²) in [5, 5.41) is 6.34. The number of nitrogens with zero attached hydrogens (tertiary/aromatic N) is 2. The molecule has 1 atom stereocenters. The molecule has 1 heterocycles. The molecule has 1 unspecified atom stereocenters. The first-order valence-electron chi connectivity index (χ1n) is 5.60. The fourth-order valence-corrected chi connectivity index (χ4v) is 2.15. The Hall–Kier alpha value is -0.650. The maximum Gasteiger partial charge on any atom is 0.185 e. The molecular weight excluding hydrogens is 222 g/mol. The fourth-order valence-electron chi connectivity index (χ4n) is 1.24. The molecule has 1 aromatic heterocycles. The van der Waals surface area contributed by atoms with Crippen molar-refractivity contribution in [2.45, 2.75) is 19.9 Å². The molecule has 0 aliphatic carbocycles. The van der Waals surface area contributed by atoms with Crippen molar-refractivity contribution in [1.82, 2.24) is 10.3 Å². The molecule has 1 rings (SSSR count). The first-order valence-corrected chi connectivity index (χ1v) is 6.48. The van der Waals surface area contributed by atoms with Gasteiger partial charge >= 0.3 is 0 Å². The van der Waals surface area contributed by atoms with Crippen molar-refractivity contribution < 1.29 is 4.74 Å². The number of aromatic nitrogens is 1. The van der Waals surface area contributed by atoms with Gasteiger partial charge in [-0.05, 0) is 20.9 Å². The molecule has 0 spiro atoms. The van der Waals surface area contributed by atoms with Crippen LogP contribution in [0.5, 0.6) is 0 Å². The minimum absolute atomic E-state index is 0.310. The van der Waals surface area contributed by atoms with Crippen molar-refractivity contribution in [2.24, 2.45) is 0 Å². The molecule has 0 aromatic carbocycles. The lowest BCUT2D eigenvalue weighted by Crippen LogP contribution is -2.22. The number of anilines is 1. The largest absolute Gasteiger partial charge is 0.380 e. The van der Waals surface area contributed by atoms with Crippen molar-refractivity contribution in [1.29, 1.82) is 0 Å². The van der Waals surface area contributed by atoms with E-state index in [4.69, 9.17) is 4.74 Å².